The van der Waals surface area contributed by atoms with E-state index in [4.69, 9.17) is 4.74 Å². The van der Waals surface area contributed by atoms with Gasteiger partial charge < -0.3 is 10.1 Å². The first-order valence-corrected chi connectivity index (χ1v) is 5.77. The van der Waals surface area contributed by atoms with Gasteiger partial charge in [0.1, 0.15) is 11.6 Å². The van der Waals surface area contributed by atoms with Gasteiger partial charge in [0, 0.05) is 0 Å². The summed E-state index contributed by atoms with van der Waals surface area (Å²) >= 11 is 0. The molecule has 0 fully saturated rings. The Morgan fingerprint density at radius 2 is 2.06 bits per heavy atom. The van der Waals surface area contributed by atoms with Crippen LogP contribution in [-0.2, 0) is 0 Å². The van der Waals surface area contributed by atoms with Crippen molar-refractivity contribution in [2.45, 2.75) is 26.2 Å². The zero-order valence-electron chi connectivity index (χ0n) is 10.1. The van der Waals surface area contributed by atoms with Crippen LogP contribution in [0, 0.1) is 12.7 Å². The van der Waals surface area contributed by atoms with E-state index >= 15 is 0 Å². The molecular formula is C13H20FNO. The lowest BCUT2D eigenvalue weighted by Gasteiger charge is -2.07. The third-order valence-corrected chi connectivity index (χ3v) is 2.47. The van der Waals surface area contributed by atoms with Crippen LogP contribution in [-0.4, -0.2) is 20.2 Å². The second-order valence-corrected chi connectivity index (χ2v) is 3.92. The van der Waals surface area contributed by atoms with Gasteiger partial charge >= 0.3 is 0 Å². The summed E-state index contributed by atoms with van der Waals surface area (Å²) in [6.07, 6.45) is 3.36. The van der Waals surface area contributed by atoms with Crippen LogP contribution in [0.25, 0.3) is 0 Å². The fourth-order valence-corrected chi connectivity index (χ4v) is 1.48. The molecule has 0 bridgehead atoms. The highest BCUT2D eigenvalue weighted by Crippen LogP contribution is 2.16. The topological polar surface area (TPSA) is 21.3 Å². The molecule has 1 N–H and O–H groups in total. The van der Waals surface area contributed by atoms with Crippen molar-refractivity contribution >= 4 is 0 Å². The molecule has 0 radical (unpaired) electrons. The Hall–Kier alpha value is -1.09. The van der Waals surface area contributed by atoms with Gasteiger partial charge in [-0.25, -0.2) is 4.39 Å². The van der Waals surface area contributed by atoms with Crippen LogP contribution in [0.1, 0.15) is 24.8 Å². The number of hydrogen-bond donors (Lipinski definition) is 1. The minimum absolute atomic E-state index is 0.179. The average Bonchev–Trinajstić information content (AvgIpc) is 2.28. The standard InChI is InChI=1S/C13H20FNO/c1-11-10-12(6-7-13(11)14)16-9-5-3-4-8-15-2/h6-7,10,15H,3-5,8-9H2,1-2H3. The summed E-state index contributed by atoms with van der Waals surface area (Å²) in [5.74, 6) is 0.578. The molecule has 0 aliphatic rings. The molecule has 0 saturated heterocycles. The highest BCUT2D eigenvalue weighted by Gasteiger charge is 1.99. The Labute approximate surface area is 96.8 Å². The zero-order valence-corrected chi connectivity index (χ0v) is 10.1. The number of aryl methyl sites for hydroxylation is 1. The highest BCUT2D eigenvalue weighted by atomic mass is 19.1. The monoisotopic (exact) mass is 225 g/mol. The van der Waals surface area contributed by atoms with Gasteiger partial charge in [0.05, 0.1) is 6.61 Å². The van der Waals surface area contributed by atoms with Crippen molar-refractivity contribution in [2.75, 3.05) is 20.2 Å². The van der Waals surface area contributed by atoms with Crippen molar-refractivity contribution in [2.24, 2.45) is 0 Å². The molecule has 0 amide bonds. The van der Waals surface area contributed by atoms with Crippen molar-refractivity contribution in [3.05, 3.63) is 29.6 Å². The number of hydrogen-bond acceptors (Lipinski definition) is 2. The van der Waals surface area contributed by atoms with Crippen LogP contribution in [0.3, 0.4) is 0 Å². The first kappa shape index (κ1) is 13.0. The highest BCUT2D eigenvalue weighted by molar-refractivity contribution is 5.28. The van der Waals surface area contributed by atoms with Gasteiger partial charge in [-0.15, -0.1) is 0 Å². The molecule has 2 nitrogen and oxygen atoms in total. The summed E-state index contributed by atoms with van der Waals surface area (Å²) in [6.45, 7) is 3.50. The molecule has 3 heteroatoms. The second kappa shape index (κ2) is 7.23. The van der Waals surface area contributed by atoms with Crippen LogP contribution < -0.4 is 10.1 Å². The molecule has 90 valence electrons. The quantitative estimate of drug-likeness (QED) is 0.720. The van der Waals surface area contributed by atoms with Gasteiger partial charge in [-0.1, -0.05) is 0 Å². The van der Waals surface area contributed by atoms with Crippen LogP contribution >= 0.6 is 0 Å². The molecule has 0 aliphatic heterocycles. The summed E-state index contributed by atoms with van der Waals surface area (Å²) in [7, 11) is 1.96. The molecule has 1 aromatic rings. The molecule has 1 rings (SSSR count). The van der Waals surface area contributed by atoms with Gasteiger partial charge in [0.25, 0.3) is 0 Å². The van der Waals surface area contributed by atoms with Crippen LogP contribution in [0.15, 0.2) is 18.2 Å². The Morgan fingerprint density at radius 1 is 1.25 bits per heavy atom. The van der Waals surface area contributed by atoms with Crippen molar-refractivity contribution in [3.63, 3.8) is 0 Å². The van der Waals surface area contributed by atoms with E-state index in [1.54, 1.807) is 19.1 Å². The maximum absolute atomic E-state index is 13.0. The Bertz CT molecular complexity index is 315. The molecule has 1 aromatic carbocycles. The van der Waals surface area contributed by atoms with E-state index < -0.39 is 0 Å². The van der Waals surface area contributed by atoms with E-state index in [0.29, 0.717) is 12.2 Å². The van der Waals surface area contributed by atoms with Gasteiger partial charge in [0.2, 0.25) is 0 Å². The first-order chi connectivity index (χ1) is 7.74. The largest absolute Gasteiger partial charge is 0.494 e. The minimum atomic E-state index is -0.179. The summed E-state index contributed by atoms with van der Waals surface area (Å²) in [4.78, 5) is 0. The number of ether oxygens (including phenoxy) is 1. The van der Waals surface area contributed by atoms with Gasteiger partial charge in [0.15, 0.2) is 0 Å². The lowest BCUT2D eigenvalue weighted by atomic mass is 10.2. The van der Waals surface area contributed by atoms with E-state index in [1.807, 2.05) is 7.05 Å². The van der Waals surface area contributed by atoms with E-state index in [0.717, 1.165) is 25.1 Å². The summed E-state index contributed by atoms with van der Waals surface area (Å²) in [5.41, 5.74) is 0.632. The first-order valence-electron chi connectivity index (χ1n) is 5.77. The third-order valence-electron chi connectivity index (χ3n) is 2.47. The molecule has 0 aliphatic carbocycles. The minimum Gasteiger partial charge on any atom is -0.494 e. The Balaban J connectivity index is 2.19. The molecule has 0 aromatic heterocycles. The second-order valence-electron chi connectivity index (χ2n) is 3.92. The Kier molecular flexibility index (Phi) is 5.86. The van der Waals surface area contributed by atoms with Crippen molar-refractivity contribution in [1.29, 1.82) is 0 Å². The normalized spacial score (nSPS) is 10.4. The number of nitrogens with one attached hydrogen (secondary N) is 1. The predicted octanol–water partition coefficient (Wildman–Crippen LogP) is 2.90. The third kappa shape index (κ3) is 4.62. The fourth-order valence-electron chi connectivity index (χ4n) is 1.48. The van der Waals surface area contributed by atoms with Crippen LogP contribution in [0.2, 0.25) is 0 Å². The zero-order chi connectivity index (χ0) is 11.8. The maximum atomic E-state index is 13.0. The molecule has 0 unspecified atom stereocenters. The predicted molar refractivity (Wildman–Crippen MR) is 64.4 cm³/mol. The van der Waals surface area contributed by atoms with Gasteiger partial charge in [-0.2, -0.15) is 0 Å². The molecule has 0 heterocycles. The van der Waals surface area contributed by atoms with E-state index in [1.165, 1.54) is 12.5 Å². The number of unbranched alkanes of at least 4 members (excludes halogenated alkanes) is 2. The molecule has 16 heavy (non-hydrogen) atoms. The van der Waals surface area contributed by atoms with Crippen molar-refractivity contribution in [3.8, 4) is 5.75 Å². The summed E-state index contributed by atoms with van der Waals surface area (Å²) in [6, 6.07) is 4.87. The van der Waals surface area contributed by atoms with Crippen molar-refractivity contribution < 1.29 is 9.13 Å². The summed E-state index contributed by atoms with van der Waals surface area (Å²) < 4.78 is 18.5. The fraction of sp³-hybridized carbons (Fsp3) is 0.538. The molecule has 0 spiro atoms. The number of rotatable bonds is 7. The lowest BCUT2D eigenvalue weighted by molar-refractivity contribution is 0.304. The smallest absolute Gasteiger partial charge is 0.126 e. The van der Waals surface area contributed by atoms with E-state index in [-0.39, 0.29) is 5.82 Å². The maximum Gasteiger partial charge on any atom is 0.126 e. The number of benzene rings is 1. The lowest BCUT2D eigenvalue weighted by Crippen LogP contribution is -2.07. The molecule has 0 atom stereocenters. The Morgan fingerprint density at radius 3 is 2.75 bits per heavy atom. The number of halogens is 1. The van der Waals surface area contributed by atoms with Crippen molar-refractivity contribution in [1.82, 2.24) is 5.32 Å². The van der Waals surface area contributed by atoms with E-state index in [2.05, 4.69) is 5.32 Å². The average molecular weight is 225 g/mol. The van der Waals surface area contributed by atoms with E-state index in [9.17, 15) is 4.39 Å². The van der Waals surface area contributed by atoms with Crippen LogP contribution in [0.5, 0.6) is 5.75 Å². The van der Waals surface area contributed by atoms with Crippen LogP contribution in [0.4, 0.5) is 4.39 Å². The SMILES string of the molecule is CNCCCCCOc1ccc(F)c(C)c1. The molecular weight excluding hydrogens is 205 g/mol. The van der Waals surface area contributed by atoms with Gasteiger partial charge in [-0.3, -0.25) is 0 Å². The summed E-state index contributed by atoms with van der Waals surface area (Å²) in [5, 5.41) is 3.11. The van der Waals surface area contributed by atoms with Gasteiger partial charge in [-0.05, 0) is 63.5 Å². The molecule has 0 saturated carbocycles.